The Hall–Kier alpha value is -1.38. The molecule has 1 fully saturated rings. The van der Waals surface area contributed by atoms with Crippen molar-refractivity contribution in [3.63, 3.8) is 0 Å². The Morgan fingerprint density at radius 2 is 1.89 bits per heavy atom. The fraction of sp³-hybridized carbons (Fsp3) is 0.316. The molecule has 5 nitrogen and oxygen atoms in total. The van der Waals surface area contributed by atoms with E-state index in [1.807, 2.05) is 18.2 Å². The molecule has 0 atom stereocenters. The number of nitrogens with zero attached hydrogens (tertiary/aromatic N) is 2. The van der Waals surface area contributed by atoms with Crippen LogP contribution in [-0.4, -0.2) is 33.0 Å². The number of para-hydroxylation sites is 1. The highest BCUT2D eigenvalue weighted by molar-refractivity contribution is 7.89. The zero-order chi connectivity index (χ0) is 19.7. The standard InChI is InChI=1S/C19H19Cl2N3O2S2/c20-14-5-6-15(21)18(11-14)28(25,26)22-12-13-7-9-24(10-8-13)19-23-16-3-1-2-4-17(16)27-19/h1-6,11,13,22H,7-10,12H2. The molecular weight excluding hydrogens is 437 g/mol. The van der Waals surface area contributed by atoms with E-state index in [0.717, 1.165) is 36.6 Å². The molecule has 2 heterocycles. The molecule has 4 rings (SSSR count). The van der Waals surface area contributed by atoms with Crippen molar-refractivity contribution in [2.45, 2.75) is 17.7 Å². The van der Waals surface area contributed by atoms with Crippen molar-refractivity contribution >= 4 is 59.9 Å². The molecule has 0 saturated carbocycles. The van der Waals surface area contributed by atoms with Gasteiger partial charge in [0.05, 0.1) is 15.2 Å². The van der Waals surface area contributed by atoms with Crippen LogP contribution in [0.3, 0.4) is 0 Å². The number of halogens is 2. The van der Waals surface area contributed by atoms with Crippen LogP contribution in [0, 0.1) is 5.92 Å². The molecule has 0 spiro atoms. The SMILES string of the molecule is O=S(=O)(NCC1CCN(c2nc3ccccc3s2)CC1)c1cc(Cl)ccc1Cl. The molecule has 0 aliphatic carbocycles. The lowest BCUT2D eigenvalue weighted by atomic mass is 9.97. The lowest BCUT2D eigenvalue weighted by Gasteiger charge is -2.31. The quantitative estimate of drug-likeness (QED) is 0.599. The summed E-state index contributed by atoms with van der Waals surface area (Å²) >= 11 is 13.6. The summed E-state index contributed by atoms with van der Waals surface area (Å²) in [7, 11) is -3.69. The highest BCUT2D eigenvalue weighted by Gasteiger charge is 2.24. The van der Waals surface area contributed by atoms with Gasteiger partial charge in [0.2, 0.25) is 10.0 Å². The molecule has 1 saturated heterocycles. The molecule has 1 aliphatic rings. The fourth-order valence-electron chi connectivity index (χ4n) is 3.31. The van der Waals surface area contributed by atoms with Gasteiger partial charge in [-0.3, -0.25) is 0 Å². The molecular formula is C19H19Cl2N3O2S2. The first kappa shape index (κ1) is 19.9. The number of fused-ring (bicyclic) bond motifs is 1. The third-order valence-corrected chi connectivity index (χ3v) is 8.15. The summed E-state index contributed by atoms with van der Waals surface area (Å²) < 4.78 is 29.0. The van der Waals surface area contributed by atoms with E-state index in [1.165, 1.54) is 16.8 Å². The van der Waals surface area contributed by atoms with Gasteiger partial charge in [0.15, 0.2) is 5.13 Å². The minimum Gasteiger partial charge on any atom is -0.348 e. The number of thiazole rings is 1. The molecule has 9 heteroatoms. The van der Waals surface area contributed by atoms with E-state index < -0.39 is 10.0 Å². The Morgan fingerprint density at radius 3 is 2.64 bits per heavy atom. The van der Waals surface area contributed by atoms with E-state index in [1.54, 1.807) is 17.4 Å². The third kappa shape index (κ3) is 4.28. The molecule has 0 bridgehead atoms. The minimum absolute atomic E-state index is 0.0218. The largest absolute Gasteiger partial charge is 0.348 e. The molecule has 0 radical (unpaired) electrons. The normalized spacial score (nSPS) is 16.0. The van der Waals surface area contributed by atoms with Gasteiger partial charge in [-0.05, 0) is 49.1 Å². The van der Waals surface area contributed by atoms with Gasteiger partial charge in [0, 0.05) is 24.7 Å². The van der Waals surface area contributed by atoms with Crippen LogP contribution < -0.4 is 9.62 Å². The van der Waals surface area contributed by atoms with Crippen molar-refractivity contribution in [1.29, 1.82) is 0 Å². The van der Waals surface area contributed by atoms with Crippen molar-refractivity contribution < 1.29 is 8.42 Å². The zero-order valence-corrected chi connectivity index (χ0v) is 18.1. The summed E-state index contributed by atoms with van der Waals surface area (Å²) in [6, 6.07) is 12.6. The van der Waals surface area contributed by atoms with Crippen molar-refractivity contribution in [3.8, 4) is 0 Å². The van der Waals surface area contributed by atoms with Crippen LogP contribution in [0.1, 0.15) is 12.8 Å². The first-order chi connectivity index (χ1) is 13.4. The summed E-state index contributed by atoms with van der Waals surface area (Å²) in [5.41, 5.74) is 1.02. The summed E-state index contributed by atoms with van der Waals surface area (Å²) in [6.07, 6.45) is 1.81. The highest BCUT2D eigenvalue weighted by Crippen LogP contribution is 2.31. The number of hydrogen-bond acceptors (Lipinski definition) is 5. The second kappa shape index (κ2) is 8.16. The van der Waals surface area contributed by atoms with Crippen molar-refractivity contribution in [3.05, 3.63) is 52.5 Å². The van der Waals surface area contributed by atoms with E-state index in [2.05, 4.69) is 15.7 Å². The maximum absolute atomic E-state index is 12.6. The van der Waals surface area contributed by atoms with Crippen LogP contribution in [-0.2, 0) is 10.0 Å². The Bertz CT molecular complexity index is 1060. The summed E-state index contributed by atoms with van der Waals surface area (Å²) in [5.74, 6) is 0.276. The lowest BCUT2D eigenvalue weighted by Crippen LogP contribution is -2.38. The molecule has 1 N–H and O–H groups in total. The molecule has 2 aromatic carbocycles. The average molecular weight is 456 g/mol. The number of benzene rings is 2. The molecule has 1 aliphatic heterocycles. The lowest BCUT2D eigenvalue weighted by molar-refractivity contribution is 0.402. The smallest absolute Gasteiger partial charge is 0.242 e. The van der Waals surface area contributed by atoms with Crippen LogP contribution >= 0.6 is 34.5 Å². The van der Waals surface area contributed by atoms with E-state index in [0.29, 0.717) is 11.6 Å². The van der Waals surface area contributed by atoms with Gasteiger partial charge >= 0.3 is 0 Å². The van der Waals surface area contributed by atoms with E-state index in [9.17, 15) is 8.42 Å². The van der Waals surface area contributed by atoms with Gasteiger partial charge in [-0.15, -0.1) is 0 Å². The number of nitrogens with one attached hydrogen (secondary N) is 1. The van der Waals surface area contributed by atoms with Crippen LogP contribution in [0.5, 0.6) is 0 Å². The number of sulfonamides is 1. The predicted molar refractivity (Wildman–Crippen MR) is 116 cm³/mol. The Kier molecular flexibility index (Phi) is 5.81. The minimum atomic E-state index is -3.69. The molecule has 0 unspecified atom stereocenters. The van der Waals surface area contributed by atoms with Crippen molar-refractivity contribution in [2.75, 3.05) is 24.5 Å². The molecule has 3 aromatic rings. The first-order valence-corrected chi connectivity index (χ1v) is 12.0. The van der Waals surface area contributed by atoms with Crippen molar-refractivity contribution in [1.82, 2.24) is 9.71 Å². The number of rotatable bonds is 5. The number of aromatic nitrogens is 1. The maximum atomic E-state index is 12.6. The molecule has 0 amide bonds. The van der Waals surface area contributed by atoms with Crippen LogP contribution in [0.4, 0.5) is 5.13 Å². The Balaban J connectivity index is 1.36. The monoisotopic (exact) mass is 455 g/mol. The van der Waals surface area contributed by atoms with Gasteiger partial charge in [-0.1, -0.05) is 46.7 Å². The van der Waals surface area contributed by atoms with Crippen molar-refractivity contribution in [2.24, 2.45) is 5.92 Å². The van der Waals surface area contributed by atoms with Crippen LogP contribution in [0.25, 0.3) is 10.2 Å². The van der Waals surface area contributed by atoms with E-state index in [-0.39, 0.29) is 15.8 Å². The molecule has 1 aromatic heterocycles. The Morgan fingerprint density at radius 1 is 1.14 bits per heavy atom. The van der Waals surface area contributed by atoms with Gasteiger partial charge in [0.1, 0.15) is 4.90 Å². The maximum Gasteiger partial charge on any atom is 0.242 e. The zero-order valence-electron chi connectivity index (χ0n) is 14.9. The second-order valence-electron chi connectivity index (χ2n) is 6.82. The van der Waals surface area contributed by atoms with Gasteiger partial charge in [-0.2, -0.15) is 0 Å². The number of piperidine rings is 1. The number of anilines is 1. The average Bonchev–Trinajstić information content (AvgIpc) is 3.13. The van der Waals surface area contributed by atoms with Gasteiger partial charge in [-0.25, -0.2) is 18.1 Å². The predicted octanol–water partition coefficient (Wildman–Crippen LogP) is 4.80. The molecule has 28 heavy (non-hydrogen) atoms. The van der Waals surface area contributed by atoms with Crippen LogP contribution in [0.15, 0.2) is 47.4 Å². The fourth-order valence-corrected chi connectivity index (χ4v) is 6.21. The highest BCUT2D eigenvalue weighted by atomic mass is 35.5. The molecule has 148 valence electrons. The second-order valence-corrected chi connectivity index (χ2v) is 10.4. The topological polar surface area (TPSA) is 62.3 Å². The Labute approximate surface area is 178 Å². The summed E-state index contributed by atoms with van der Waals surface area (Å²) in [6.45, 7) is 2.12. The first-order valence-electron chi connectivity index (χ1n) is 8.97. The van der Waals surface area contributed by atoms with E-state index >= 15 is 0 Å². The van der Waals surface area contributed by atoms with Gasteiger partial charge < -0.3 is 4.90 Å². The van der Waals surface area contributed by atoms with E-state index in [4.69, 9.17) is 28.2 Å². The van der Waals surface area contributed by atoms with Crippen LogP contribution in [0.2, 0.25) is 10.0 Å². The summed E-state index contributed by atoms with van der Waals surface area (Å²) in [5, 5.41) is 1.54. The third-order valence-electron chi connectivity index (χ3n) is 4.91. The number of hydrogen-bond donors (Lipinski definition) is 1. The van der Waals surface area contributed by atoms with Gasteiger partial charge in [0.25, 0.3) is 0 Å². The summed E-state index contributed by atoms with van der Waals surface area (Å²) in [4.78, 5) is 7.01.